The Morgan fingerprint density at radius 1 is 0.618 bits per heavy atom. The lowest BCUT2D eigenvalue weighted by Crippen LogP contribution is -2.29. The second-order valence-corrected chi connectivity index (χ2v) is 21.8. The molecule has 0 atom stereocenters. The summed E-state index contributed by atoms with van der Waals surface area (Å²) < 4.78 is 0.476. The average Bonchev–Trinajstić information content (AvgIpc) is 4.08. The van der Waals surface area contributed by atoms with Crippen LogP contribution in [0.25, 0.3) is 38.8 Å². The molecule has 2 heterocycles. The van der Waals surface area contributed by atoms with Gasteiger partial charge in [0.15, 0.2) is 0 Å². The van der Waals surface area contributed by atoms with E-state index < -0.39 is 5.97 Å². The fraction of sp³-hybridized carbons (Fsp3) is 0.350. The number of nitrogens with zero attached hydrogens (tertiary/aromatic N) is 2. The number of thioether (sulfide) groups is 1. The smallest absolute Gasteiger partial charge is 0.303 e. The van der Waals surface area contributed by atoms with Crippen LogP contribution in [0, 0.1) is 0 Å². The van der Waals surface area contributed by atoms with Crippen LogP contribution in [0.4, 0.5) is 17.1 Å². The number of carboxylic acids is 1. The SMILES string of the molecule is CCCCC1(CCCC)c2ccccc2-c2ccc(N(c3ccc(-c4ccc(/C=C5/SC(=S)N(CCCC(=O)O)C5=O)s4)cc3)c3ccc4c(c3)C(CCCC)(CCCC)c3ccccc3-4)cc21. The van der Waals surface area contributed by atoms with E-state index >= 15 is 0 Å². The summed E-state index contributed by atoms with van der Waals surface area (Å²) in [6, 6.07) is 46.3. The maximum absolute atomic E-state index is 13.3. The number of benzene rings is 5. The topological polar surface area (TPSA) is 60.9 Å². The van der Waals surface area contributed by atoms with Crippen molar-refractivity contribution in [2.24, 2.45) is 0 Å². The van der Waals surface area contributed by atoms with Gasteiger partial charge in [0.2, 0.25) is 0 Å². The normalized spacial score (nSPS) is 15.7. The first-order chi connectivity index (χ1) is 33.2. The highest BCUT2D eigenvalue weighted by Crippen LogP contribution is 2.58. The summed E-state index contributed by atoms with van der Waals surface area (Å²) in [4.78, 5) is 31.1. The first-order valence-electron chi connectivity index (χ1n) is 25.1. The van der Waals surface area contributed by atoms with Gasteiger partial charge >= 0.3 is 5.97 Å². The van der Waals surface area contributed by atoms with Gasteiger partial charge in [-0.1, -0.05) is 176 Å². The second-order valence-electron chi connectivity index (χ2n) is 19.0. The molecule has 1 aliphatic heterocycles. The molecule has 3 aliphatic rings. The number of carbonyl (C=O) groups excluding carboxylic acids is 1. The number of aliphatic carboxylic acids is 1. The Bertz CT molecular complexity index is 2720. The number of carbonyl (C=O) groups is 2. The number of unbranched alkanes of at least 4 members (excludes halogenated alkanes) is 4. The van der Waals surface area contributed by atoms with Gasteiger partial charge in [0.05, 0.1) is 4.91 Å². The number of hydrogen-bond donors (Lipinski definition) is 1. The third-order valence-corrected chi connectivity index (χ3v) is 17.3. The van der Waals surface area contributed by atoms with Crippen molar-refractivity contribution >= 4 is 74.7 Å². The van der Waals surface area contributed by atoms with E-state index in [-0.39, 0.29) is 23.2 Å². The van der Waals surface area contributed by atoms with Crippen molar-refractivity contribution in [3.05, 3.63) is 153 Å². The van der Waals surface area contributed by atoms with E-state index in [1.54, 1.807) is 11.3 Å². The molecular weight excluding hydrogens is 893 g/mol. The van der Waals surface area contributed by atoms with Crippen LogP contribution in [-0.2, 0) is 20.4 Å². The molecular formula is C60H64N2O3S3. The molecule has 6 aromatic rings. The van der Waals surface area contributed by atoms with Crippen molar-refractivity contribution in [3.63, 3.8) is 0 Å². The molecule has 0 saturated carbocycles. The van der Waals surface area contributed by atoms with Crippen LogP contribution in [0.3, 0.4) is 0 Å². The van der Waals surface area contributed by atoms with Crippen molar-refractivity contribution in [2.45, 2.75) is 128 Å². The summed E-state index contributed by atoms with van der Waals surface area (Å²) in [6.45, 7) is 9.61. The first-order valence-corrected chi connectivity index (χ1v) is 27.2. The molecule has 1 fully saturated rings. The van der Waals surface area contributed by atoms with E-state index in [9.17, 15) is 9.59 Å². The number of hydrogen-bond acceptors (Lipinski definition) is 6. The molecule has 68 heavy (non-hydrogen) atoms. The predicted molar refractivity (Wildman–Crippen MR) is 292 cm³/mol. The maximum atomic E-state index is 13.3. The number of fused-ring (bicyclic) bond motifs is 6. The number of carboxylic acid groups (broad SMARTS) is 1. The molecule has 1 saturated heterocycles. The molecule has 1 aromatic heterocycles. The molecule has 350 valence electrons. The molecule has 0 bridgehead atoms. The van der Waals surface area contributed by atoms with E-state index in [0.717, 1.165) is 46.7 Å². The van der Waals surface area contributed by atoms with Gasteiger partial charge in [0.1, 0.15) is 4.32 Å². The molecule has 1 N–H and O–H groups in total. The summed E-state index contributed by atoms with van der Waals surface area (Å²) in [7, 11) is 0. The third-order valence-electron chi connectivity index (χ3n) is 14.8. The van der Waals surface area contributed by atoms with Crippen LogP contribution >= 0.6 is 35.3 Å². The van der Waals surface area contributed by atoms with Crippen molar-refractivity contribution in [1.82, 2.24) is 4.90 Å². The zero-order chi connectivity index (χ0) is 47.4. The van der Waals surface area contributed by atoms with Crippen molar-refractivity contribution in [2.75, 3.05) is 11.4 Å². The van der Waals surface area contributed by atoms with E-state index in [4.69, 9.17) is 17.3 Å². The molecule has 0 radical (unpaired) electrons. The summed E-state index contributed by atoms with van der Waals surface area (Å²) in [5.74, 6) is -1.03. The first kappa shape index (κ1) is 47.8. The highest BCUT2D eigenvalue weighted by molar-refractivity contribution is 8.26. The summed E-state index contributed by atoms with van der Waals surface area (Å²) in [5, 5.41) is 9.10. The third kappa shape index (κ3) is 8.93. The second kappa shape index (κ2) is 20.8. The Morgan fingerprint density at radius 3 is 1.60 bits per heavy atom. The summed E-state index contributed by atoms with van der Waals surface area (Å²) >= 11 is 8.46. The number of thiocarbonyl (C=S) groups is 1. The number of amides is 1. The van der Waals surface area contributed by atoms with Gasteiger partial charge in [-0.3, -0.25) is 14.5 Å². The van der Waals surface area contributed by atoms with Gasteiger partial charge in [-0.05, 0) is 137 Å². The lowest BCUT2D eigenvalue weighted by molar-refractivity contribution is -0.137. The van der Waals surface area contributed by atoms with Crippen LogP contribution in [-0.4, -0.2) is 32.7 Å². The molecule has 0 spiro atoms. The lowest BCUT2D eigenvalue weighted by atomic mass is 9.70. The van der Waals surface area contributed by atoms with Gasteiger partial charge in [0, 0.05) is 50.6 Å². The highest BCUT2D eigenvalue weighted by Gasteiger charge is 2.44. The van der Waals surface area contributed by atoms with E-state index in [2.05, 4.69) is 154 Å². The highest BCUT2D eigenvalue weighted by atomic mass is 32.2. The Balaban J connectivity index is 1.13. The molecule has 5 nitrogen and oxygen atoms in total. The van der Waals surface area contributed by atoms with Crippen LogP contribution in [0.2, 0.25) is 0 Å². The minimum atomic E-state index is -0.875. The number of anilines is 3. The van der Waals surface area contributed by atoms with Crippen LogP contribution in [0.1, 0.15) is 145 Å². The van der Waals surface area contributed by atoms with Gasteiger partial charge < -0.3 is 10.0 Å². The Hall–Kier alpha value is -5.28. The maximum Gasteiger partial charge on any atom is 0.303 e. The Kier molecular flexibility index (Phi) is 14.6. The number of thiophene rings is 1. The fourth-order valence-electron chi connectivity index (χ4n) is 11.4. The van der Waals surface area contributed by atoms with Gasteiger partial charge in [0.25, 0.3) is 5.91 Å². The van der Waals surface area contributed by atoms with Crippen molar-refractivity contribution < 1.29 is 14.7 Å². The van der Waals surface area contributed by atoms with E-state index in [0.29, 0.717) is 22.2 Å². The van der Waals surface area contributed by atoms with Crippen molar-refractivity contribution in [3.8, 4) is 32.7 Å². The van der Waals surface area contributed by atoms with E-state index in [1.807, 2.05) is 6.08 Å². The van der Waals surface area contributed by atoms with Gasteiger partial charge in [-0.2, -0.15) is 0 Å². The number of rotatable bonds is 21. The quantitative estimate of drug-likeness (QED) is 0.0573. The molecule has 2 aliphatic carbocycles. The zero-order valence-corrected chi connectivity index (χ0v) is 42.6. The van der Waals surface area contributed by atoms with E-state index in [1.165, 1.54) is 124 Å². The zero-order valence-electron chi connectivity index (χ0n) is 40.1. The van der Waals surface area contributed by atoms with Crippen molar-refractivity contribution in [1.29, 1.82) is 0 Å². The van der Waals surface area contributed by atoms with Crippen LogP contribution in [0.15, 0.2) is 126 Å². The molecule has 9 rings (SSSR count). The minimum Gasteiger partial charge on any atom is -0.481 e. The Morgan fingerprint density at radius 2 is 1.10 bits per heavy atom. The molecule has 8 heteroatoms. The molecule has 1 amide bonds. The molecule has 5 aromatic carbocycles. The summed E-state index contributed by atoms with van der Waals surface area (Å²) in [6.07, 6.45) is 16.3. The summed E-state index contributed by atoms with van der Waals surface area (Å²) in [5.41, 5.74) is 16.0. The Labute approximate surface area is 417 Å². The average molecular weight is 957 g/mol. The monoisotopic (exact) mass is 956 g/mol. The van der Waals surface area contributed by atoms with Crippen LogP contribution < -0.4 is 4.90 Å². The lowest BCUT2D eigenvalue weighted by Gasteiger charge is -2.35. The van der Waals surface area contributed by atoms with Gasteiger partial charge in [-0.15, -0.1) is 11.3 Å². The predicted octanol–water partition coefficient (Wildman–Crippen LogP) is 17.2. The fourth-order valence-corrected chi connectivity index (χ4v) is 13.8. The molecule has 0 unspecified atom stereocenters. The largest absolute Gasteiger partial charge is 0.481 e. The van der Waals surface area contributed by atoms with Gasteiger partial charge in [-0.25, -0.2) is 0 Å². The van der Waals surface area contributed by atoms with Crippen LogP contribution in [0.5, 0.6) is 0 Å². The standard InChI is InChI=1S/C60H64N2O3S3/c1-5-9-33-59(34-10-6-2)50-20-15-13-18-46(50)48-30-27-43(38-52(48)59)62(44-28-31-49-47-19-14-16-21-51(47)60(35-11-7-3,36-12-8-4)53(49)39-44)42-25-23-41(24-26-42)54-32-29-45(67-54)40-55-57(65)61(58(66)68-55)37-17-22-56(63)64/h13-16,18-21,23-32,38-40H,5-12,17,22,33-37H2,1-4H3,(H,63,64)/b55-40+. The minimum absolute atomic E-state index is 0.00272.